The van der Waals surface area contributed by atoms with Gasteiger partial charge in [-0.25, -0.2) is 0 Å². The molecule has 0 aromatic carbocycles. The molecule has 0 aliphatic rings. The highest BCUT2D eigenvalue weighted by molar-refractivity contribution is 5.18. The highest BCUT2D eigenvalue weighted by Crippen LogP contribution is 2.19. The Hall–Kier alpha value is -1.17. The van der Waals surface area contributed by atoms with E-state index in [1.54, 1.807) is 13.0 Å². The first kappa shape index (κ1) is 12.8. The van der Waals surface area contributed by atoms with Crippen molar-refractivity contribution in [3.8, 4) is 12.3 Å². The van der Waals surface area contributed by atoms with E-state index in [1.807, 2.05) is 6.92 Å². The number of hydrogen-bond donors (Lipinski definition) is 0. The van der Waals surface area contributed by atoms with Gasteiger partial charge in [0.2, 0.25) is 0 Å². The summed E-state index contributed by atoms with van der Waals surface area (Å²) in [6, 6.07) is 0. The Morgan fingerprint density at radius 3 is 2.50 bits per heavy atom. The zero-order chi connectivity index (χ0) is 11.2. The number of rotatable bonds is 3. The van der Waals surface area contributed by atoms with Gasteiger partial charge in [0.05, 0.1) is 6.42 Å². The highest BCUT2D eigenvalue weighted by atomic mass is 19.4. The average molecular weight is 202 g/mol. The van der Waals surface area contributed by atoms with Crippen LogP contribution in [0.15, 0.2) is 23.8 Å². The summed E-state index contributed by atoms with van der Waals surface area (Å²) in [5, 5.41) is 0. The second-order valence-corrected chi connectivity index (χ2v) is 3.05. The molecule has 0 heterocycles. The fraction of sp³-hybridized carbons (Fsp3) is 0.455. The van der Waals surface area contributed by atoms with Crippen LogP contribution in [-0.4, -0.2) is 6.18 Å². The summed E-state index contributed by atoms with van der Waals surface area (Å²) in [5.41, 5.74) is 0.880. The molecular formula is C11H13F3. The third kappa shape index (κ3) is 6.36. The summed E-state index contributed by atoms with van der Waals surface area (Å²) < 4.78 is 35.1. The average Bonchev–Trinajstić information content (AvgIpc) is 2.09. The van der Waals surface area contributed by atoms with E-state index < -0.39 is 12.6 Å². The lowest BCUT2D eigenvalue weighted by Gasteiger charge is -2.02. The molecule has 1 atom stereocenters. The van der Waals surface area contributed by atoms with Crippen molar-refractivity contribution in [2.24, 2.45) is 5.92 Å². The molecule has 0 saturated carbocycles. The van der Waals surface area contributed by atoms with Crippen LogP contribution in [0.1, 0.15) is 20.3 Å². The molecule has 0 amide bonds. The maximum Gasteiger partial charge on any atom is 0.392 e. The van der Waals surface area contributed by atoms with Gasteiger partial charge in [-0.3, -0.25) is 0 Å². The van der Waals surface area contributed by atoms with Crippen molar-refractivity contribution in [1.82, 2.24) is 0 Å². The van der Waals surface area contributed by atoms with Gasteiger partial charge in [0.15, 0.2) is 0 Å². The summed E-state index contributed by atoms with van der Waals surface area (Å²) in [5.74, 6) is 2.46. The van der Waals surface area contributed by atoms with E-state index in [-0.39, 0.29) is 5.92 Å². The Morgan fingerprint density at radius 2 is 2.07 bits per heavy atom. The minimum Gasteiger partial charge on any atom is -0.171 e. The van der Waals surface area contributed by atoms with Gasteiger partial charge < -0.3 is 0 Å². The van der Waals surface area contributed by atoms with E-state index in [4.69, 9.17) is 6.42 Å². The SMILES string of the molecule is C#CC(C)/C(C)=C\C=C/CC(F)(F)F. The molecule has 3 heteroatoms. The molecule has 0 aliphatic heterocycles. The smallest absolute Gasteiger partial charge is 0.171 e. The summed E-state index contributed by atoms with van der Waals surface area (Å²) in [7, 11) is 0. The van der Waals surface area contributed by atoms with Crippen LogP contribution in [0.25, 0.3) is 0 Å². The number of halogens is 3. The van der Waals surface area contributed by atoms with Crippen molar-refractivity contribution in [2.75, 3.05) is 0 Å². The summed E-state index contributed by atoms with van der Waals surface area (Å²) in [6.07, 6.45) is 4.19. The molecule has 0 nitrogen and oxygen atoms in total. The lowest BCUT2D eigenvalue weighted by molar-refractivity contribution is -0.125. The van der Waals surface area contributed by atoms with Crippen molar-refractivity contribution in [3.05, 3.63) is 23.8 Å². The molecule has 0 bridgehead atoms. The maximum atomic E-state index is 11.7. The van der Waals surface area contributed by atoms with Crippen LogP contribution in [-0.2, 0) is 0 Å². The third-order valence-electron chi connectivity index (χ3n) is 1.78. The molecule has 0 rings (SSSR count). The first-order chi connectivity index (χ1) is 6.37. The molecule has 0 N–H and O–H groups in total. The molecular weight excluding hydrogens is 189 g/mol. The van der Waals surface area contributed by atoms with Crippen LogP contribution < -0.4 is 0 Å². The van der Waals surface area contributed by atoms with Crippen molar-refractivity contribution in [3.63, 3.8) is 0 Å². The van der Waals surface area contributed by atoms with Gasteiger partial charge in [-0.05, 0) is 13.8 Å². The van der Waals surface area contributed by atoms with Gasteiger partial charge in [0.25, 0.3) is 0 Å². The number of alkyl halides is 3. The molecule has 0 fully saturated rings. The summed E-state index contributed by atoms with van der Waals surface area (Å²) in [4.78, 5) is 0. The molecule has 14 heavy (non-hydrogen) atoms. The Morgan fingerprint density at radius 1 is 1.50 bits per heavy atom. The molecule has 0 aromatic rings. The second-order valence-electron chi connectivity index (χ2n) is 3.05. The maximum absolute atomic E-state index is 11.7. The van der Waals surface area contributed by atoms with Crippen LogP contribution in [0, 0.1) is 18.3 Å². The predicted octanol–water partition coefficient (Wildman–Crippen LogP) is 3.71. The normalized spacial score (nSPS) is 15.6. The predicted molar refractivity (Wildman–Crippen MR) is 51.6 cm³/mol. The van der Waals surface area contributed by atoms with Crippen molar-refractivity contribution < 1.29 is 13.2 Å². The Labute approximate surface area is 82.5 Å². The Balaban J connectivity index is 4.11. The minimum absolute atomic E-state index is 0.0365. The molecule has 1 unspecified atom stereocenters. The molecule has 0 saturated heterocycles. The van der Waals surface area contributed by atoms with Crippen LogP contribution >= 0.6 is 0 Å². The first-order valence-corrected chi connectivity index (χ1v) is 4.23. The van der Waals surface area contributed by atoms with E-state index in [0.717, 1.165) is 11.6 Å². The highest BCUT2D eigenvalue weighted by Gasteiger charge is 2.24. The lowest BCUT2D eigenvalue weighted by atomic mass is 10.0. The Kier molecular flexibility index (Phi) is 5.07. The van der Waals surface area contributed by atoms with Crippen molar-refractivity contribution >= 4 is 0 Å². The van der Waals surface area contributed by atoms with Crippen LogP contribution in [0.4, 0.5) is 13.2 Å². The van der Waals surface area contributed by atoms with Crippen LogP contribution in [0.2, 0.25) is 0 Å². The van der Waals surface area contributed by atoms with Gasteiger partial charge in [0, 0.05) is 5.92 Å². The molecule has 0 aromatic heterocycles. The zero-order valence-corrected chi connectivity index (χ0v) is 8.23. The standard InChI is InChI=1S/C11H13F3/c1-4-9(2)10(3)7-5-6-8-11(12,13)14/h1,5-7,9H,8H2,2-3H3/b6-5-,10-7-. The fourth-order valence-corrected chi connectivity index (χ4v) is 0.697. The zero-order valence-electron chi connectivity index (χ0n) is 8.23. The summed E-state index contributed by atoms with van der Waals surface area (Å²) >= 11 is 0. The third-order valence-corrected chi connectivity index (χ3v) is 1.78. The monoisotopic (exact) mass is 202 g/mol. The van der Waals surface area contributed by atoms with Gasteiger partial charge in [-0.1, -0.05) is 29.7 Å². The molecule has 0 radical (unpaired) electrons. The van der Waals surface area contributed by atoms with E-state index in [9.17, 15) is 13.2 Å². The summed E-state index contributed by atoms with van der Waals surface area (Å²) in [6.45, 7) is 3.62. The topological polar surface area (TPSA) is 0 Å². The second kappa shape index (κ2) is 5.54. The van der Waals surface area contributed by atoms with Gasteiger partial charge >= 0.3 is 6.18 Å². The van der Waals surface area contributed by atoms with E-state index in [0.29, 0.717) is 0 Å². The lowest BCUT2D eigenvalue weighted by Crippen LogP contribution is -2.03. The first-order valence-electron chi connectivity index (χ1n) is 4.23. The quantitative estimate of drug-likeness (QED) is 0.483. The Bertz CT molecular complexity index is 263. The van der Waals surface area contributed by atoms with Crippen molar-refractivity contribution in [2.45, 2.75) is 26.4 Å². The minimum atomic E-state index is -4.13. The number of terminal acetylenes is 1. The molecule has 0 spiro atoms. The van der Waals surface area contributed by atoms with Crippen LogP contribution in [0.3, 0.4) is 0 Å². The molecule has 0 aliphatic carbocycles. The van der Waals surface area contributed by atoms with Crippen LogP contribution in [0.5, 0.6) is 0 Å². The van der Waals surface area contributed by atoms with Gasteiger partial charge in [0.1, 0.15) is 0 Å². The van der Waals surface area contributed by atoms with Gasteiger partial charge in [-0.2, -0.15) is 13.2 Å². The number of allylic oxidation sites excluding steroid dienone is 4. The van der Waals surface area contributed by atoms with E-state index >= 15 is 0 Å². The molecule has 78 valence electrons. The van der Waals surface area contributed by atoms with Gasteiger partial charge in [-0.15, -0.1) is 6.42 Å². The fourth-order valence-electron chi connectivity index (χ4n) is 0.697. The van der Waals surface area contributed by atoms with E-state index in [1.165, 1.54) is 6.08 Å². The largest absolute Gasteiger partial charge is 0.392 e. The number of hydrogen-bond acceptors (Lipinski definition) is 0. The van der Waals surface area contributed by atoms with Crippen molar-refractivity contribution in [1.29, 1.82) is 0 Å². The van der Waals surface area contributed by atoms with E-state index in [2.05, 4.69) is 5.92 Å².